The SMILES string of the molecule is CCOC(=O)Cc1cc(C=O)c(Cl)cc1C#N. The quantitative estimate of drug-likeness (QED) is 0.607. The molecule has 1 aromatic rings. The maximum Gasteiger partial charge on any atom is 0.310 e. The lowest BCUT2D eigenvalue weighted by Gasteiger charge is -2.06. The van der Waals surface area contributed by atoms with Gasteiger partial charge in [0.25, 0.3) is 0 Å². The highest BCUT2D eigenvalue weighted by Gasteiger charge is 2.12. The van der Waals surface area contributed by atoms with E-state index in [-0.39, 0.29) is 29.2 Å². The number of rotatable bonds is 4. The van der Waals surface area contributed by atoms with Crippen LogP contribution in [0.4, 0.5) is 0 Å². The molecule has 0 aliphatic carbocycles. The van der Waals surface area contributed by atoms with E-state index in [2.05, 4.69) is 0 Å². The largest absolute Gasteiger partial charge is 0.466 e. The molecule has 4 nitrogen and oxygen atoms in total. The molecule has 0 saturated heterocycles. The highest BCUT2D eigenvalue weighted by atomic mass is 35.5. The summed E-state index contributed by atoms with van der Waals surface area (Å²) in [5, 5.41) is 9.10. The lowest BCUT2D eigenvalue weighted by Crippen LogP contribution is -2.09. The fraction of sp³-hybridized carbons (Fsp3) is 0.250. The van der Waals surface area contributed by atoms with Crippen LogP contribution >= 0.6 is 11.6 Å². The van der Waals surface area contributed by atoms with E-state index in [0.717, 1.165) is 0 Å². The molecule has 5 heteroatoms. The number of hydrogen-bond acceptors (Lipinski definition) is 4. The van der Waals surface area contributed by atoms with Crippen molar-refractivity contribution in [1.29, 1.82) is 5.26 Å². The summed E-state index contributed by atoms with van der Waals surface area (Å²) in [5.41, 5.74) is 0.969. The standard InChI is InChI=1S/C12H10ClNO3/c1-2-17-12(16)5-8-3-10(7-15)11(13)4-9(8)6-14/h3-4,7H,2,5H2,1H3. The molecule has 1 rings (SSSR count). The molecule has 0 heterocycles. The van der Waals surface area contributed by atoms with E-state index in [1.54, 1.807) is 6.92 Å². The van der Waals surface area contributed by atoms with Gasteiger partial charge in [0.1, 0.15) is 0 Å². The van der Waals surface area contributed by atoms with Gasteiger partial charge in [-0.15, -0.1) is 0 Å². The van der Waals surface area contributed by atoms with Crippen molar-refractivity contribution in [2.45, 2.75) is 13.3 Å². The molecular weight excluding hydrogens is 242 g/mol. The minimum absolute atomic E-state index is 0.0469. The number of nitrogens with zero attached hydrogens (tertiary/aromatic N) is 1. The number of esters is 1. The van der Waals surface area contributed by atoms with Crippen LogP contribution in [0.25, 0.3) is 0 Å². The predicted octanol–water partition coefficient (Wildman–Crippen LogP) is 2.13. The Labute approximate surface area is 104 Å². The topological polar surface area (TPSA) is 67.2 Å². The van der Waals surface area contributed by atoms with Crippen LogP contribution in [0.3, 0.4) is 0 Å². The molecule has 0 spiro atoms. The maximum atomic E-state index is 11.3. The van der Waals surface area contributed by atoms with E-state index in [1.165, 1.54) is 12.1 Å². The summed E-state index contributed by atoms with van der Waals surface area (Å²) in [7, 11) is 0. The Morgan fingerprint density at radius 3 is 2.82 bits per heavy atom. The van der Waals surface area contributed by atoms with E-state index in [1.807, 2.05) is 6.07 Å². The van der Waals surface area contributed by atoms with Gasteiger partial charge in [-0.1, -0.05) is 11.6 Å². The van der Waals surface area contributed by atoms with Gasteiger partial charge in [-0.3, -0.25) is 9.59 Å². The van der Waals surface area contributed by atoms with Gasteiger partial charge in [-0.05, 0) is 24.6 Å². The normalized spacial score (nSPS) is 9.47. The Bertz CT molecular complexity index is 491. The van der Waals surface area contributed by atoms with Crippen molar-refractivity contribution in [3.05, 3.63) is 33.8 Å². The highest BCUT2D eigenvalue weighted by molar-refractivity contribution is 6.33. The summed E-state index contributed by atoms with van der Waals surface area (Å²) in [6.07, 6.45) is 0.535. The lowest BCUT2D eigenvalue weighted by molar-refractivity contribution is -0.142. The molecule has 0 amide bonds. The van der Waals surface area contributed by atoms with Crippen LogP contribution in [-0.2, 0) is 16.0 Å². The molecule has 0 fully saturated rings. The zero-order valence-electron chi connectivity index (χ0n) is 9.20. The second kappa shape index (κ2) is 6.02. The zero-order chi connectivity index (χ0) is 12.8. The van der Waals surface area contributed by atoms with Crippen molar-refractivity contribution in [2.24, 2.45) is 0 Å². The van der Waals surface area contributed by atoms with Gasteiger partial charge in [-0.25, -0.2) is 0 Å². The molecule has 1 aromatic carbocycles. The summed E-state index contributed by atoms with van der Waals surface area (Å²) in [6.45, 7) is 1.97. The summed E-state index contributed by atoms with van der Waals surface area (Å²) in [4.78, 5) is 22.0. The fourth-order valence-corrected chi connectivity index (χ4v) is 1.55. The number of halogens is 1. The summed E-state index contributed by atoms with van der Waals surface area (Å²) in [6, 6.07) is 4.74. The summed E-state index contributed by atoms with van der Waals surface area (Å²) < 4.78 is 4.78. The molecule has 0 atom stereocenters. The second-order valence-electron chi connectivity index (χ2n) is 3.24. The van der Waals surface area contributed by atoms with Crippen molar-refractivity contribution in [3.8, 4) is 6.07 Å². The van der Waals surface area contributed by atoms with Gasteiger partial charge in [-0.2, -0.15) is 5.26 Å². The Kier molecular flexibility index (Phi) is 4.68. The average Bonchev–Trinajstić information content (AvgIpc) is 2.31. The third-order valence-corrected chi connectivity index (χ3v) is 2.44. The molecule has 0 bridgehead atoms. The Morgan fingerprint density at radius 2 is 2.29 bits per heavy atom. The Hall–Kier alpha value is -1.86. The Morgan fingerprint density at radius 1 is 1.59 bits per heavy atom. The summed E-state index contributed by atoms with van der Waals surface area (Å²) in [5.74, 6) is -0.442. The van der Waals surface area contributed by atoms with Crippen LogP contribution in [0.15, 0.2) is 12.1 Å². The van der Waals surface area contributed by atoms with Crippen molar-refractivity contribution in [2.75, 3.05) is 6.61 Å². The monoisotopic (exact) mass is 251 g/mol. The molecule has 0 radical (unpaired) electrons. The average molecular weight is 252 g/mol. The van der Waals surface area contributed by atoms with E-state index in [9.17, 15) is 9.59 Å². The minimum atomic E-state index is -0.442. The first-order chi connectivity index (χ1) is 8.12. The molecule has 17 heavy (non-hydrogen) atoms. The number of carbonyl (C=O) groups excluding carboxylic acids is 2. The third-order valence-electron chi connectivity index (χ3n) is 2.11. The minimum Gasteiger partial charge on any atom is -0.466 e. The molecule has 88 valence electrons. The van der Waals surface area contributed by atoms with Crippen LogP contribution in [0.1, 0.15) is 28.4 Å². The number of benzene rings is 1. The third kappa shape index (κ3) is 3.30. The smallest absolute Gasteiger partial charge is 0.310 e. The van der Waals surface area contributed by atoms with Gasteiger partial charge in [0.15, 0.2) is 6.29 Å². The first kappa shape index (κ1) is 13.2. The molecular formula is C12H10ClNO3. The van der Waals surface area contributed by atoms with Crippen LogP contribution in [0.5, 0.6) is 0 Å². The van der Waals surface area contributed by atoms with Crippen LogP contribution in [-0.4, -0.2) is 18.9 Å². The van der Waals surface area contributed by atoms with Gasteiger partial charge in [0, 0.05) is 5.56 Å². The van der Waals surface area contributed by atoms with E-state index in [0.29, 0.717) is 11.8 Å². The first-order valence-corrected chi connectivity index (χ1v) is 5.33. The fourth-order valence-electron chi connectivity index (χ4n) is 1.35. The molecule has 0 aromatic heterocycles. The van der Waals surface area contributed by atoms with Crippen LogP contribution in [0.2, 0.25) is 5.02 Å². The van der Waals surface area contributed by atoms with Crippen molar-refractivity contribution in [3.63, 3.8) is 0 Å². The molecule has 0 aliphatic heterocycles. The van der Waals surface area contributed by atoms with Gasteiger partial charge in [0.05, 0.1) is 29.7 Å². The Balaban J connectivity index is 3.09. The van der Waals surface area contributed by atoms with Crippen molar-refractivity contribution < 1.29 is 14.3 Å². The van der Waals surface area contributed by atoms with E-state index in [4.69, 9.17) is 21.6 Å². The van der Waals surface area contributed by atoms with Gasteiger partial charge < -0.3 is 4.74 Å². The number of ether oxygens (including phenoxy) is 1. The molecule has 0 unspecified atom stereocenters. The van der Waals surface area contributed by atoms with Gasteiger partial charge >= 0.3 is 5.97 Å². The highest BCUT2D eigenvalue weighted by Crippen LogP contribution is 2.20. The number of nitriles is 1. The lowest BCUT2D eigenvalue weighted by atomic mass is 10.0. The zero-order valence-corrected chi connectivity index (χ0v) is 9.95. The summed E-state index contributed by atoms with van der Waals surface area (Å²) >= 11 is 5.78. The molecule has 0 N–H and O–H groups in total. The van der Waals surface area contributed by atoms with Gasteiger partial charge in [0.2, 0.25) is 0 Å². The first-order valence-electron chi connectivity index (χ1n) is 4.95. The van der Waals surface area contributed by atoms with E-state index < -0.39 is 5.97 Å². The van der Waals surface area contributed by atoms with Crippen LogP contribution < -0.4 is 0 Å². The number of hydrogen-bond donors (Lipinski definition) is 0. The molecule has 0 saturated carbocycles. The maximum absolute atomic E-state index is 11.3. The predicted molar refractivity (Wildman–Crippen MR) is 61.9 cm³/mol. The van der Waals surface area contributed by atoms with E-state index >= 15 is 0 Å². The van der Waals surface area contributed by atoms with Crippen molar-refractivity contribution in [1.82, 2.24) is 0 Å². The van der Waals surface area contributed by atoms with Crippen LogP contribution in [0, 0.1) is 11.3 Å². The second-order valence-corrected chi connectivity index (χ2v) is 3.65. The molecule has 0 aliphatic rings. The number of aldehydes is 1. The van der Waals surface area contributed by atoms with Crippen molar-refractivity contribution >= 4 is 23.9 Å². The number of carbonyl (C=O) groups is 2.